The van der Waals surface area contributed by atoms with Gasteiger partial charge >= 0.3 is 0 Å². The third-order valence-corrected chi connectivity index (χ3v) is 2.30. The first-order valence-corrected chi connectivity index (χ1v) is 4.86. The maximum Gasteiger partial charge on any atom is 0.180 e. The maximum absolute atomic E-state index is 5.28. The van der Waals surface area contributed by atoms with E-state index >= 15 is 0 Å². The predicted molar refractivity (Wildman–Crippen MR) is 57.8 cm³/mol. The van der Waals surface area contributed by atoms with Crippen LogP contribution in [0, 0.1) is 0 Å². The van der Waals surface area contributed by atoms with Gasteiger partial charge in [-0.3, -0.25) is 0 Å². The minimum Gasteiger partial charge on any atom is -0.464 e. The molecule has 0 aliphatic carbocycles. The summed E-state index contributed by atoms with van der Waals surface area (Å²) < 4.78 is 10.2. The first-order valence-electron chi connectivity index (χ1n) is 4.86. The molecule has 0 saturated heterocycles. The van der Waals surface area contributed by atoms with Gasteiger partial charge in [-0.15, -0.1) is 0 Å². The van der Waals surface area contributed by atoms with Crippen molar-refractivity contribution in [3.05, 3.63) is 42.9 Å². The summed E-state index contributed by atoms with van der Waals surface area (Å²) in [7, 11) is 0. The number of hydrogen-bond acceptors (Lipinski definition) is 5. The van der Waals surface area contributed by atoms with E-state index in [-0.39, 0.29) is 0 Å². The number of aromatic nitrogens is 2. The third kappa shape index (κ3) is 1.52. The Morgan fingerprint density at radius 3 is 3.12 bits per heavy atom. The van der Waals surface area contributed by atoms with Gasteiger partial charge in [0.15, 0.2) is 6.39 Å². The van der Waals surface area contributed by atoms with Crippen molar-refractivity contribution in [2.24, 2.45) is 0 Å². The van der Waals surface area contributed by atoms with Gasteiger partial charge in [-0.2, -0.15) is 0 Å². The Balaban J connectivity index is 1.86. The first kappa shape index (κ1) is 8.96. The largest absolute Gasteiger partial charge is 0.464 e. The van der Waals surface area contributed by atoms with E-state index in [1.165, 1.54) is 6.39 Å². The highest BCUT2D eigenvalue weighted by Gasteiger charge is 2.04. The standard InChI is InChI=1S/C11H9N3O2/c1-3-12-11(9-2-4-16-10(1)9)13-5-8-6-15-7-14-8/h1-4,6-7H,5H2,(H,12,13). The van der Waals surface area contributed by atoms with Crippen molar-refractivity contribution < 1.29 is 8.83 Å². The smallest absolute Gasteiger partial charge is 0.180 e. The van der Waals surface area contributed by atoms with Crippen molar-refractivity contribution in [2.75, 3.05) is 5.32 Å². The van der Waals surface area contributed by atoms with E-state index in [1.54, 1.807) is 18.7 Å². The molecule has 0 fully saturated rings. The molecule has 0 bridgehead atoms. The molecule has 0 radical (unpaired) electrons. The van der Waals surface area contributed by atoms with Gasteiger partial charge in [0.05, 0.1) is 23.9 Å². The molecule has 80 valence electrons. The van der Waals surface area contributed by atoms with Crippen LogP contribution < -0.4 is 5.32 Å². The van der Waals surface area contributed by atoms with E-state index < -0.39 is 0 Å². The second-order valence-electron chi connectivity index (χ2n) is 3.33. The molecule has 5 heteroatoms. The van der Waals surface area contributed by atoms with E-state index in [2.05, 4.69) is 15.3 Å². The number of pyridine rings is 1. The molecule has 16 heavy (non-hydrogen) atoms. The molecule has 0 aromatic carbocycles. The second-order valence-corrected chi connectivity index (χ2v) is 3.33. The van der Waals surface area contributed by atoms with Gasteiger partial charge in [-0.25, -0.2) is 9.97 Å². The lowest BCUT2D eigenvalue weighted by molar-refractivity contribution is 0.556. The van der Waals surface area contributed by atoms with Gasteiger partial charge in [-0.05, 0) is 12.1 Å². The second kappa shape index (κ2) is 3.69. The molecule has 1 N–H and O–H groups in total. The van der Waals surface area contributed by atoms with E-state index in [0.29, 0.717) is 6.54 Å². The molecular weight excluding hydrogens is 206 g/mol. The van der Waals surface area contributed by atoms with E-state index in [9.17, 15) is 0 Å². The molecule has 0 unspecified atom stereocenters. The fourth-order valence-corrected chi connectivity index (χ4v) is 1.53. The SMILES string of the molecule is c1cc2occc2c(NCc2cocn2)n1. The number of rotatable bonds is 3. The number of nitrogens with one attached hydrogen (secondary N) is 1. The summed E-state index contributed by atoms with van der Waals surface area (Å²) in [5.41, 5.74) is 1.65. The Hall–Kier alpha value is -2.30. The number of hydrogen-bond donors (Lipinski definition) is 1. The van der Waals surface area contributed by atoms with E-state index in [4.69, 9.17) is 8.83 Å². The van der Waals surface area contributed by atoms with Gasteiger partial charge in [0, 0.05) is 6.20 Å². The highest BCUT2D eigenvalue weighted by molar-refractivity contribution is 5.87. The third-order valence-electron chi connectivity index (χ3n) is 2.30. The molecular formula is C11H9N3O2. The van der Waals surface area contributed by atoms with Crippen LogP contribution >= 0.6 is 0 Å². The summed E-state index contributed by atoms with van der Waals surface area (Å²) in [4.78, 5) is 8.27. The summed E-state index contributed by atoms with van der Waals surface area (Å²) in [6.07, 6.45) is 6.36. The van der Waals surface area contributed by atoms with E-state index in [0.717, 1.165) is 22.5 Å². The molecule has 0 aliphatic heterocycles. The fraction of sp³-hybridized carbons (Fsp3) is 0.0909. The maximum atomic E-state index is 5.28. The van der Waals surface area contributed by atoms with Gasteiger partial charge in [0.2, 0.25) is 0 Å². The number of oxazole rings is 1. The molecule has 3 aromatic heterocycles. The number of fused-ring (bicyclic) bond motifs is 1. The van der Waals surface area contributed by atoms with Crippen LogP contribution in [0.25, 0.3) is 11.0 Å². The van der Waals surface area contributed by atoms with Crippen LogP contribution in [0.15, 0.2) is 46.1 Å². The molecule has 0 atom stereocenters. The van der Waals surface area contributed by atoms with Crippen molar-refractivity contribution in [1.29, 1.82) is 0 Å². The fourth-order valence-electron chi connectivity index (χ4n) is 1.53. The van der Waals surface area contributed by atoms with Gasteiger partial charge in [-0.1, -0.05) is 0 Å². The van der Waals surface area contributed by atoms with Crippen molar-refractivity contribution in [2.45, 2.75) is 6.54 Å². The lowest BCUT2D eigenvalue weighted by Gasteiger charge is -2.03. The van der Waals surface area contributed by atoms with Crippen molar-refractivity contribution in [3.63, 3.8) is 0 Å². The van der Waals surface area contributed by atoms with Crippen molar-refractivity contribution >= 4 is 16.8 Å². The van der Waals surface area contributed by atoms with Crippen LogP contribution in [0.1, 0.15) is 5.69 Å². The summed E-state index contributed by atoms with van der Waals surface area (Å²) in [6.45, 7) is 0.577. The Kier molecular flexibility index (Phi) is 2.07. The molecule has 0 amide bonds. The van der Waals surface area contributed by atoms with Gasteiger partial charge in [0.25, 0.3) is 0 Å². The van der Waals surface area contributed by atoms with Crippen LogP contribution in [-0.2, 0) is 6.54 Å². The van der Waals surface area contributed by atoms with Gasteiger partial charge in [0.1, 0.15) is 17.7 Å². The van der Waals surface area contributed by atoms with Crippen molar-refractivity contribution in [1.82, 2.24) is 9.97 Å². The highest BCUT2D eigenvalue weighted by Crippen LogP contribution is 2.21. The first-order chi connectivity index (χ1) is 7.93. The van der Waals surface area contributed by atoms with Crippen LogP contribution in [0.3, 0.4) is 0 Å². The Labute approximate surface area is 91.1 Å². The Morgan fingerprint density at radius 1 is 1.25 bits per heavy atom. The molecule has 3 aromatic rings. The van der Waals surface area contributed by atoms with Crippen LogP contribution in [-0.4, -0.2) is 9.97 Å². The monoisotopic (exact) mass is 215 g/mol. The van der Waals surface area contributed by atoms with E-state index in [1.807, 2.05) is 12.1 Å². The number of furan rings is 1. The minimum atomic E-state index is 0.577. The average molecular weight is 215 g/mol. The summed E-state index contributed by atoms with van der Waals surface area (Å²) >= 11 is 0. The topological polar surface area (TPSA) is 64.1 Å². The Morgan fingerprint density at radius 2 is 2.25 bits per heavy atom. The summed E-state index contributed by atoms with van der Waals surface area (Å²) in [5, 5.41) is 4.15. The molecule has 0 spiro atoms. The van der Waals surface area contributed by atoms with Crippen LogP contribution in [0.4, 0.5) is 5.82 Å². The molecule has 3 rings (SSSR count). The number of nitrogens with zero attached hydrogens (tertiary/aromatic N) is 2. The molecule has 0 aliphatic rings. The minimum absolute atomic E-state index is 0.577. The molecule has 3 heterocycles. The Bertz CT molecular complexity index is 586. The summed E-state index contributed by atoms with van der Waals surface area (Å²) in [5.74, 6) is 0.786. The zero-order valence-electron chi connectivity index (χ0n) is 8.38. The van der Waals surface area contributed by atoms with Crippen molar-refractivity contribution in [3.8, 4) is 0 Å². The van der Waals surface area contributed by atoms with Crippen LogP contribution in [0.2, 0.25) is 0 Å². The average Bonchev–Trinajstić information content (AvgIpc) is 2.97. The highest BCUT2D eigenvalue weighted by atomic mass is 16.3. The van der Waals surface area contributed by atoms with Gasteiger partial charge < -0.3 is 14.2 Å². The molecule has 0 saturated carbocycles. The number of anilines is 1. The zero-order valence-corrected chi connectivity index (χ0v) is 8.38. The quantitative estimate of drug-likeness (QED) is 0.726. The lowest BCUT2D eigenvalue weighted by Crippen LogP contribution is -2.01. The summed E-state index contributed by atoms with van der Waals surface area (Å²) in [6, 6.07) is 3.71. The van der Waals surface area contributed by atoms with Crippen LogP contribution in [0.5, 0.6) is 0 Å². The zero-order chi connectivity index (χ0) is 10.8. The predicted octanol–water partition coefficient (Wildman–Crippen LogP) is 2.43. The lowest BCUT2D eigenvalue weighted by atomic mass is 10.3. The normalized spacial score (nSPS) is 10.8. The molecule has 5 nitrogen and oxygen atoms in total.